The Morgan fingerprint density at radius 3 is 2.67 bits per heavy atom. The van der Waals surface area contributed by atoms with E-state index in [1.807, 2.05) is 0 Å². The van der Waals surface area contributed by atoms with Gasteiger partial charge in [0.15, 0.2) is 5.78 Å². The fourth-order valence-corrected chi connectivity index (χ4v) is 8.22. The highest BCUT2D eigenvalue weighted by molar-refractivity contribution is 5.82. The molecule has 5 nitrogen and oxygen atoms in total. The van der Waals surface area contributed by atoms with Crippen molar-refractivity contribution in [3.8, 4) is 0 Å². The van der Waals surface area contributed by atoms with Crippen LogP contribution in [0.5, 0.6) is 0 Å². The van der Waals surface area contributed by atoms with E-state index >= 15 is 0 Å². The van der Waals surface area contributed by atoms with Crippen LogP contribution in [-0.2, 0) is 11.3 Å². The van der Waals surface area contributed by atoms with Gasteiger partial charge in [-0.05, 0) is 92.8 Å². The van der Waals surface area contributed by atoms with Crippen LogP contribution in [0.2, 0.25) is 0 Å². The van der Waals surface area contributed by atoms with Crippen molar-refractivity contribution >= 4 is 5.78 Å². The number of carbonyl (C=O) groups is 1. The van der Waals surface area contributed by atoms with Crippen molar-refractivity contribution in [1.82, 2.24) is 15.0 Å². The first kappa shape index (κ1) is 20.5. The number of hydrogen-bond acceptors (Lipinski definition) is 4. The molecule has 1 N–H and O–H groups in total. The van der Waals surface area contributed by atoms with Gasteiger partial charge in [0.25, 0.3) is 6.43 Å². The maximum atomic E-state index is 13.4. The van der Waals surface area contributed by atoms with Gasteiger partial charge in [0.2, 0.25) is 0 Å². The molecule has 4 aliphatic rings. The molecule has 0 aliphatic heterocycles. The molecular formula is C23H33F2N3O2. The number of Topliss-reactive ketones (excluding diaryl/α,β-unsaturated/α-hetero) is 1. The van der Waals surface area contributed by atoms with Gasteiger partial charge in [-0.2, -0.15) is 0 Å². The lowest BCUT2D eigenvalue weighted by Crippen LogP contribution is -2.53. The lowest BCUT2D eigenvalue weighted by molar-refractivity contribution is -0.160. The summed E-state index contributed by atoms with van der Waals surface area (Å²) in [5.74, 6) is 2.79. The summed E-state index contributed by atoms with van der Waals surface area (Å²) in [4.78, 5) is 13.1. The number of ketones is 1. The Labute approximate surface area is 176 Å². The molecular weight excluding hydrogens is 388 g/mol. The van der Waals surface area contributed by atoms with Gasteiger partial charge >= 0.3 is 0 Å². The number of halogens is 2. The van der Waals surface area contributed by atoms with Gasteiger partial charge in [0, 0.05) is 12.1 Å². The third kappa shape index (κ3) is 3.14. The van der Waals surface area contributed by atoms with E-state index in [9.17, 15) is 18.7 Å². The van der Waals surface area contributed by atoms with Gasteiger partial charge in [0.1, 0.15) is 12.1 Å². The maximum Gasteiger partial charge on any atom is 0.266 e. The number of carbonyl (C=O) groups excluding carboxylic acids is 1. The zero-order valence-corrected chi connectivity index (χ0v) is 17.7. The molecule has 5 rings (SSSR count). The number of rotatable bonds is 4. The Morgan fingerprint density at radius 2 is 1.93 bits per heavy atom. The zero-order valence-electron chi connectivity index (χ0n) is 17.7. The topological polar surface area (TPSA) is 68.0 Å². The highest BCUT2D eigenvalue weighted by Crippen LogP contribution is 2.64. The van der Waals surface area contributed by atoms with Gasteiger partial charge in [0.05, 0.1) is 6.20 Å². The highest BCUT2D eigenvalue weighted by atomic mass is 19.3. The van der Waals surface area contributed by atoms with E-state index in [1.54, 1.807) is 17.1 Å². The first-order valence-electron chi connectivity index (χ1n) is 11.7. The number of aromatic nitrogens is 3. The van der Waals surface area contributed by atoms with Crippen LogP contribution in [0.3, 0.4) is 0 Å². The lowest BCUT2D eigenvalue weighted by Gasteiger charge is -2.57. The zero-order chi connectivity index (χ0) is 21.1. The van der Waals surface area contributed by atoms with Gasteiger partial charge in [-0.3, -0.25) is 4.79 Å². The molecule has 8 atom stereocenters. The molecule has 4 aliphatic carbocycles. The summed E-state index contributed by atoms with van der Waals surface area (Å²) in [6, 6.07) is 0. The largest absolute Gasteiger partial charge is 0.384 e. The highest BCUT2D eigenvalue weighted by Gasteiger charge is 2.59. The molecule has 1 heterocycles. The molecule has 0 amide bonds. The van der Waals surface area contributed by atoms with Crippen molar-refractivity contribution in [2.45, 2.75) is 83.3 Å². The molecule has 30 heavy (non-hydrogen) atoms. The SMILES string of the molecule is C[C@]12CC[C@H]3[C@@H](CC[C@@H]4C[C@@](O)(C(F)F)CC[C@@H]43)[C@@H]1CC[C@@H]2C(=O)Cn1ccnn1. The van der Waals surface area contributed by atoms with Gasteiger partial charge in [-0.25, -0.2) is 13.5 Å². The van der Waals surface area contributed by atoms with E-state index in [2.05, 4.69) is 17.2 Å². The maximum absolute atomic E-state index is 13.4. The average molecular weight is 422 g/mol. The Kier molecular flexibility index (Phi) is 5.03. The summed E-state index contributed by atoms with van der Waals surface area (Å²) in [5, 5.41) is 18.1. The fourth-order valence-electron chi connectivity index (χ4n) is 8.22. The molecule has 166 valence electrons. The van der Waals surface area contributed by atoms with Crippen molar-refractivity contribution in [2.24, 2.45) is 40.9 Å². The third-order valence-corrected chi connectivity index (χ3v) is 9.63. The summed E-state index contributed by atoms with van der Waals surface area (Å²) < 4.78 is 28.4. The standard InChI is InChI=1S/C23H33F2N3O2/c1-22-8-6-16-15-7-9-23(30,21(24)25)12-14(15)2-3-17(16)18(22)4-5-19(22)20(29)13-28-11-10-26-27-28/h10-11,14-19,21,30H,2-9,12-13H2,1H3/t14-,15+,16-,17-,18+,19-,22+,23-/m1/s1. The van der Waals surface area contributed by atoms with E-state index in [0.29, 0.717) is 30.2 Å². The van der Waals surface area contributed by atoms with E-state index in [-0.39, 0.29) is 35.9 Å². The predicted molar refractivity (Wildman–Crippen MR) is 107 cm³/mol. The third-order valence-electron chi connectivity index (χ3n) is 9.63. The number of nitrogens with zero attached hydrogens (tertiary/aromatic N) is 3. The van der Waals surface area contributed by atoms with Crippen LogP contribution < -0.4 is 0 Å². The Balaban J connectivity index is 1.30. The summed E-state index contributed by atoms with van der Waals surface area (Å²) in [7, 11) is 0. The second kappa shape index (κ2) is 7.35. The van der Waals surface area contributed by atoms with Crippen molar-refractivity contribution in [2.75, 3.05) is 0 Å². The van der Waals surface area contributed by atoms with Crippen molar-refractivity contribution < 1.29 is 18.7 Å². The molecule has 0 bridgehead atoms. The smallest absolute Gasteiger partial charge is 0.266 e. The van der Waals surface area contributed by atoms with Crippen molar-refractivity contribution in [1.29, 1.82) is 0 Å². The average Bonchev–Trinajstić information content (AvgIpc) is 3.34. The summed E-state index contributed by atoms with van der Waals surface area (Å²) in [6.07, 6.45) is 8.15. The Bertz CT molecular complexity index is 787. The van der Waals surface area contributed by atoms with Crippen LogP contribution in [0.15, 0.2) is 12.4 Å². The molecule has 1 aromatic heterocycles. The molecule has 0 spiro atoms. The quantitative estimate of drug-likeness (QED) is 0.794. The van der Waals surface area contributed by atoms with Crippen LogP contribution in [-0.4, -0.2) is 37.9 Å². The van der Waals surface area contributed by atoms with Crippen LogP contribution in [0.4, 0.5) is 8.78 Å². The molecule has 0 saturated heterocycles. The minimum absolute atomic E-state index is 0.0457. The van der Waals surface area contributed by atoms with Crippen LogP contribution >= 0.6 is 0 Å². The van der Waals surface area contributed by atoms with Gasteiger partial charge in [-0.1, -0.05) is 12.1 Å². The van der Waals surface area contributed by atoms with E-state index in [0.717, 1.165) is 44.9 Å². The van der Waals surface area contributed by atoms with E-state index in [4.69, 9.17) is 0 Å². The molecule has 1 aromatic rings. The fraction of sp³-hybridized carbons (Fsp3) is 0.870. The molecule has 7 heteroatoms. The molecule has 0 radical (unpaired) electrons. The van der Waals surface area contributed by atoms with Gasteiger partial charge < -0.3 is 5.11 Å². The number of hydrogen-bond donors (Lipinski definition) is 1. The van der Waals surface area contributed by atoms with Gasteiger partial charge in [-0.15, -0.1) is 5.10 Å². The second-order valence-corrected chi connectivity index (χ2v) is 10.8. The van der Waals surface area contributed by atoms with Crippen LogP contribution in [0.1, 0.15) is 64.7 Å². The minimum atomic E-state index is -2.64. The summed E-state index contributed by atoms with van der Waals surface area (Å²) in [5.41, 5.74) is -1.73. The lowest BCUT2D eigenvalue weighted by atomic mass is 9.49. The summed E-state index contributed by atoms with van der Waals surface area (Å²) in [6.45, 7) is 2.63. The van der Waals surface area contributed by atoms with Crippen molar-refractivity contribution in [3.05, 3.63) is 12.4 Å². The van der Waals surface area contributed by atoms with Crippen molar-refractivity contribution in [3.63, 3.8) is 0 Å². The Morgan fingerprint density at radius 1 is 1.13 bits per heavy atom. The monoisotopic (exact) mass is 421 g/mol. The molecule has 4 fully saturated rings. The van der Waals surface area contributed by atoms with Crippen LogP contribution in [0.25, 0.3) is 0 Å². The van der Waals surface area contributed by atoms with E-state index in [1.165, 1.54) is 0 Å². The predicted octanol–water partition coefficient (Wildman–Crippen LogP) is 4.11. The normalized spacial score (nSPS) is 45.6. The molecule has 0 unspecified atom stereocenters. The first-order chi connectivity index (χ1) is 14.3. The number of aliphatic hydroxyl groups is 1. The molecule has 0 aromatic carbocycles. The Hall–Kier alpha value is -1.37. The van der Waals surface area contributed by atoms with E-state index < -0.39 is 12.0 Å². The first-order valence-corrected chi connectivity index (χ1v) is 11.7. The minimum Gasteiger partial charge on any atom is -0.384 e. The number of alkyl halides is 2. The molecule has 4 saturated carbocycles. The van der Waals surface area contributed by atoms with Crippen LogP contribution in [0, 0.1) is 40.9 Å². The second-order valence-electron chi connectivity index (χ2n) is 10.8. The summed E-state index contributed by atoms with van der Waals surface area (Å²) >= 11 is 0. The number of fused-ring (bicyclic) bond motifs is 5.